The maximum atomic E-state index is 10.4. The van der Waals surface area contributed by atoms with E-state index >= 15 is 0 Å². The number of ether oxygens (including phenoxy) is 2. The van der Waals surface area contributed by atoms with E-state index in [-0.39, 0.29) is 0 Å². The highest BCUT2D eigenvalue weighted by molar-refractivity contribution is 7.07. The summed E-state index contributed by atoms with van der Waals surface area (Å²) in [5.41, 5.74) is 2.37. The van der Waals surface area contributed by atoms with Crippen molar-refractivity contribution in [3.63, 3.8) is 0 Å². The number of aliphatic hydroxyl groups is 1. The Hall–Kier alpha value is -1.40. The summed E-state index contributed by atoms with van der Waals surface area (Å²) in [6.07, 6.45) is 0.428. The van der Waals surface area contributed by atoms with Gasteiger partial charge in [-0.25, -0.2) is 0 Å². The van der Waals surface area contributed by atoms with Crippen LogP contribution in [-0.4, -0.2) is 49.5 Å². The first kappa shape index (κ1) is 18.9. The number of nitrogens with zero attached hydrogens (tertiary/aromatic N) is 1. The zero-order chi connectivity index (χ0) is 17.2. The third-order valence-electron chi connectivity index (χ3n) is 3.80. The van der Waals surface area contributed by atoms with Gasteiger partial charge in [0.05, 0.1) is 0 Å². The summed E-state index contributed by atoms with van der Waals surface area (Å²) < 4.78 is 10.9. The van der Waals surface area contributed by atoms with Crippen LogP contribution in [0.25, 0.3) is 0 Å². The Morgan fingerprint density at radius 2 is 2.08 bits per heavy atom. The number of para-hydroxylation sites is 1. The maximum absolute atomic E-state index is 10.4. The standard InChI is InChI=1S/C19H27NO3S/c1-16-6-3-4-7-19(16)23-14-18(21)13-20(9-5-10-22-2)12-17-8-11-24-15-17/h3-4,6-8,11,15,18,21H,5,9-10,12-14H2,1-2H3/t18-/m0/s1. The van der Waals surface area contributed by atoms with Crippen molar-refractivity contribution in [2.75, 3.05) is 33.4 Å². The first-order chi connectivity index (χ1) is 11.7. The van der Waals surface area contributed by atoms with Crippen LogP contribution in [0.15, 0.2) is 41.1 Å². The molecule has 1 N–H and O–H groups in total. The molecule has 0 saturated heterocycles. The molecule has 0 aliphatic heterocycles. The fraction of sp³-hybridized carbons (Fsp3) is 0.474. The van der Waals surface area contributed by atoms with Gasteiger partial charge in [0.1, 0.15) is 18.5 Å². The SMILES string of the molecule is COCCCN(Cc1ccsc1)C[C@H](O)COc1ccccc1C. The molecule has 0 amide bonds. The van der Waals surface area contributed by atoms with E-state index in [1.807, 2.05) is 31.2 Å². The Morgan fingerprint density at radius 1 is 1.25 bits per heavy atom. The highest BCUT2D eigenvalue weighted by atomic mass is 32.1. The Balaban J connectivity index is 1.83. The lowest BCUT2D eigenvalue weighted by Gasteiger charge is -2.25. The fourth-order valence-corrected chi connectivity index (χ4v) is 3.22. The minimum Gasteiger partial charge on any atom is -0.491 e. The van der Waals surface area contributed by atoms with Gasteiger partial charge in [0.2, 0.25) is 0 Å². The van der Waals surface area contributed by atoms with Gasteiger partial charge in [0, 0.05) is 33.4 Å². The summed E-state index contributed by atoms with van der Waals surface area (Å²) in [7, 11) is 1.72. The fourth-order valence-electron chi connectivity index (χ4n) is 2.56. The lowest BCUT2D eigenvalue weighted by molar-refractivity contribution is 0.0616. The first-order valence-electron chi connectivity index (χ1n) is 8.28. The van der Waals surface area contributed by atoms with Crippen molar-refractivity contribution in [2.45, 2.75) is 26.0 Å². The average Bonchev–Trinajstić information content (AvgIpc) is 3.07. The van der Waals surface area contributed by atoms with Crippen molar-refractivity contribution in [1.82, 2.24) is 4.90 Å². The molecule has 1 atom stereocenters. The van der Waals surface area contributed by atoms with Crippen LogP contribution < -0.4 is 4.74 Å². The smallest absolute Gasteiger partial charge is 0.122 e. The van der Waals surface area contributed by atoms with Crippen molar-refractivity contribution < 1.29 is 14.6 Å². The Labute approximate surface area is 148 Å². The van der Waals surface area contributed by atoms with Crippen LogP contribution in [0.5, 0.6) is 5.75 Å². The predicted octanol–water partition coefficient (Wildman–Crippen LogP) is 3.33. The van der Waals surface area contributed by atoms with Crippen LogP contribution in [0.1, 0.15) is 17.5 Å². The molecule has 0 aliphatic rings. The molecule has 24 heavy (non-hydrogen) atoms. The minimum absolute atomic E-state index is 0.301. The van der Waals surface area contributed by atoms with Crippen molar-refractivity contribution in [3.05, 3.63) is 52.2 Å². The third-order valence-corrected chi connectivity index (χ3v) is 4.53. The largest absolute Gasteiger partial charge is 0.491 e. The normalized spacial score (nSPS) is 12.5. The van der Waals surface area contributed by atoms with E-state index in [1.165, 1.54) is 5.56 Å². The number of benzene rings is 1. The van der Waals surface area contributed by atoms with Crippen LogP contribution in [0.3, 0.4) is 0 Å². The molecule has 0 fully saturated rings. The monoisotopic (exact) mass is 349 g/mol. The van der Waals surface area contributed by atoms with Gasteiger partial charge in [-0.1, -0.05) is 18.2 Å². The second-order valence-electron chi connectivity index (χ2n) is 5.94. The van der Waals surface area contributed by atoms with Crippen LogP contribution in [-0.2, 0) is 11.3 Å². The molecule has 4 nitrogen and oxygen atoms in total. The van der Waals surface area contributed by atoms with Crippen LogP contribution in [0, 0.1) is 6.92 Å². The molecule has 1 aromatic heterocycles. The topological polar surface area (TPSA) is 41.9 Å². The number of hydrogen-bond acceptors (Lipinski definition) is 5. The van der Waals surface area contributed by atoms with Gasteiger partial charge in [-0.2, -0.15) is 11.3 Å². The molecular formula is C19H27NO3S. The Bertz CT molecular complexity index is 574. The van der Waals surface area contributed by atoms with E-state index in [0.29, 0.717) is 13.2 Å². The molecule has 1 heterocycles. The molecule has 0 bridgehead atoms. The predicted molar refractivity (Wildman–Crippen MR) is 98.8 cm³/mol. The zero-order valence-corrected chi connectivity index (χ0v) is 15.3. The highest BCUT2D eigenvalue weighted by Crippen LogP contribution is 2.16. The van der Waals surface area contributed by atoms with E-state index in [9.17, 15) is 5.11 Å². The molecule has 0 saturated carbocycles. The third kappa shape index (κ3) is 6.61. The van der Waals surface area contributed by atoms with E-state index in [2.05, 4.69) is 21.7 Å². The Morgan fingerprint density at radius 3 is 2.79 bits per heavy atom. The van der Waals surface area contributed by atoms with Gasteiger partial charge < -0.3 is 14.6 Å². The number of thiophene rings is 1. The van der Waals surface area contributed by atoms with Crippen molar-refractivity contribution in [1.29, 1.82) is 0 Å². The number of hydrogen-bond donors (Lipinski definition) is 1. The van der Waals surface area contributed by atoms with Gasteiger partial charge >= 0.3 is 0 Å². The average molecular weight is 349 g/mol. The number of aliphatic hydroxyl groups excluding tert-OH is 1. The van der Waals surface area contributed by atoms with E-state index < -0.39 is 6.10 Å². The quantitative estimate of drug-likeness (QED) is 0.632. The zero-order valence-electron chi connectivity index (χ0n) is 14.5. The summed E-state index contributed by atoms with van der Waals surface area (Å²) in [6, 6.07) is 10.0. The van der Waals surface area contributed by atoms with Crippen LogP contribution >= 0.6 is 11.3 Å². The van der Waals surface area contributed by atoms with Crippen molar-refractivity contribution in [3.8, 4) is 5.75 Å². The second kappa shape index (κ2) is 10.5. The van der Waals surface area contributed by atoms with Crippen molar-refractivity contribution in [2.24, 2.45) is 0 Å². The highest BCUT2D eigenvalue weighted by Gasteiger charge is 2.14. The van der Waals surface area contributed by atoms with Crippen LogP contribution in [0.4, 0.5) is 0 Å². The number of methoxy groups -OCH3 is 1. The molecule has 0 aliphatic carbocycles. The number of aryl methyl sites for hydroxylation is 1. The summed E-state index contributed by atoms with van der Waals surface area (Å²) in [5, 5.41) is 14.6. The summed E-state index contributed by atoms with van der Waals surface area (Å²) >= 11 is 1.70. The molecule has 2 aromatic rings. The summed E-state index contributed by atoms with van der Waals surface area (Å²) in [6.45, 7) is 5.37. The van der Waals surface area contributed by atoms with E-state index in [4.69, 9.17) is 9.47 Å². The van der Waals surface area contributed by atoms with Crippen LogP contribution in [0.2, 0.25) is 0 Å². The Kier molecular flexibility index (Phi) is 8.25. The molecule has 0 unspecified atom stereocenters. The van der Waals surface area contributed by atoms with E-state index in [0.717, 1.165) is 37.4 Å². The lowest BCUT2D eigenvalue weighted by atomic mass is 10.2. The summed E-state index contributed by atoms with van der Waals surface area (Å²) in [5.74, 6) is 0.834. The van der Waals surface area contributed by atoms with Gasteiger partial charge in [0.15, 0.2) is 0 Å². The summed E-state index contributed by atoms with van der Waals surface area (Å²) in [4.78, 5) is 2.26. The number of rotatable bonds is 11. The van der Waals surface area contributed by atoms with Gasteiger partial charge in [-0.15, -0.1) is 0 Å². The van der Waals surface area contributed by atoms with E-state index in [1.54, 1.807) is 18.4 Å². The molecule has 0 spiro atoms. The van der Waals surface area contributed by atoms with Gasteiger partial charge in [-0.3, -0.25) is 4.90 Å². The molecule has 132 valence electrons. The first-order valence-corrected chi connectivity index (χ1v) is 9.22. The molecule has 0 radical (unpaired) electrons. The minimum atomic E-state index is -0.522. The molecule has 5 heteroatoms. The van der Waals surface area contributed by atoms with Gasteiger partial charge in [0.25, 0.3) is 0 Å². The van der Waals surface area contributed by atoms with Crippen molar-refractivity contribution >= 4 is 11.3 Å². The molecular weight excluding hydrogens is 322 g/mol. The molecule has 2 rings (SSSR count). The lowest BCUT2D eigenvalue weighted by Crippen LogP contribution is -2.36. The maximum Gasteiger partial charge on any atom is 0.122 e. The van der Waals surface area contributed by atoms with Gasteiger partial charge in [-0.05, 0) is 47.4 Å². The molecule has 1 aromatic carbocycles. The second-order valence-corrected chi connectivity index (χ2v) is 6.72.